The van der Waals surface area contributed by atoms with Crippen LogP contribution in [-0.2, 0) is 14.4 Å². The first-order valence-electron chi connectivity index (χ1n) is 9.17. The number of hydrogen-bond donors (Lipinski definition) is 1. The van der Waals surface area contributed by atoms with E-state index in [2.05, 4.69) is 12.1 Å². The molecule has 1 N–H and O–H groups in total. The lowest BCUT2D eigenvalue weighted by molar-refractivity contribution is -0.146. The fraction of sp³-hybridized carbons (Fsp3) is 0.550. The van der Waals surface area contributed by atoms with Crippen LogP contribution in [0.3, 0.4) is 0 Å². The van der Waals surface area contributed by atoms with Crippen molar-refractivity contribution in [1.29, 1.82) is 0 Å². The number of hydrogen-bond acceptors (Lipinski definition) is 3. The molecule has 2 aliphatic rings. The van der Waals surface area contributed by atoms with E-state index in [1.807, 2.05) is 20.8 Å². The molecule has 1 aromatic rings. The minimum atomic E-state index is -0.787. The number of nitrogens with zero attached hydrogens (tertiary/aromatic N) is 2. The van der Waals surface area contributed by atoms with Crippen molar-refractivity contribution in [3.8, 4) is 0 Å². The lowest BCUT2D eigenvalue weighted by Gasteiger charge is -2.32. The number of aliphatic carboxylic acids is 1. The summed E-state index contributed by atoms with van der Waals surface area (Å²) in [5, 5.41) is 9.09. The van der Waals surface area contributed by atoms with Gasteiger partial charge in [0.15, 0.2) is 0 Å². The number of piperidine rings is 1. The first-order valence-corrected chi connectivity index (χ1v) is 9.17. The van der Waals surface area contributed by atoms with Crippen LogP contribution in [0.5, 0.6) is 0 Å². The maximum absolute atomic E-state index is 12.8. The van der Waals surface area contributed by atoms with E-state index < -0.39 is 5.97 Å². The number of carboxylic acids is 1. The summed E-state index contributed by atoms with van der Waals surface area (Å²) < 4.78 is 0. The van der Waals surface area contributed by atoms with Gasteiger partial charge in [0.2, 0.25) is 11.8 Å². The van der Waals surface area contributed by atoms with E-state index in [4.69, 9.17) is 5.11 Å². The Labute approximate surface area is 153 Å². The van der Waals surface area contributed by atoms with Crippen molar-refractivity contribution in [2.45, 2.75) is 40.0 Å². The van der Waals surface area contributed by atoms with Gasteiger partial charge in [-0.05, 0) is 44.7 Å². The van der Waals surface area contributed by atoms with E-state index in [9.17, 15) is 14.4 Å². The van der Waals surface area contributed by atoms with Crippen LogP contribution in [0, 0.1) is 32.6 Å². The highest BCUT2D eigenvalue weighted by Gasteiger charge is 2.39. The molecule has 2 heterocycles. The van der Waals surface area contributed by atoms with Gasteiger partial charge in [-0.3, -0.25) is 14.4 Å². The molecule has 0 radical (unpaired) electrons. The zero-order valence-electron chi connectivity index (χ0n) is 15.6. The van der Waals surface area contributed by atoms with Crippen LogP contribution in [0.25, 0.3) is 0 Å². The summed E-state index contributed by atoms with van der Waals surface area (Å²) in [5.41, 5.74) is 4.17. The van der Waals surface area contributed by atoms with Crippen molar-refractivity contribution in [2.24, 2.45) is 11.8 Å². The molecule has 140 valence electrons. The Hall–Kier alpha value is -2.37. The standard InChI is InChI=1S/C20H26N2O4/c1-12-8-13(2)18(14(3)9-12)22-11-16(10-17(22)23)19(24)21-6-4-15(5-7-21)20(25)26/h8-9,15-16H,4-7,10-11H2,1-3H3,(H,25,26). The molecule has 1 aromatic carbocycles. The molecule has 2 saturated heterocycles. The van der Waals surface area contributed by atoms with Gasteiger partial charge in [-0.2, -0.15) is 0 Å². The highest BCUT2D eigenvalue weighted by Crippen LogP contribution is 2.33. The van der Waals surface area contributed by atoms with Gasteiger partial charge in [0, 0.05) is 31.7 Å². The third-order valence-corrected chi connectivity index (χ3v) is 5.54. The fourth-order valence-corrected chi connectivity index (χ4v) is 4.29. The fourth-order valence-electron chi connectivity index (χ4n) is 4.29. The predicted molar refractivity (Wildman–Crippen MR) is 98.1 cm³/mol. The van der Waals surface area contributed by atoms with E-state index in [1.54, 1.807) is 9.80 Å². The summed E-state index contributed by atoms with van der Waals surface area (Å²) in [4.78, 5) is 39.9. The van der Waals surface area contributed by atoms with Crippen molar-refractivity contribution in [2.75, 3.05) is 24.5 Å². The van der Waals surface area contributed by atoms with Gasteiger partial charge in [-0.15, -0.1) is 0 Å². The van der Waals surface area contributed by atoms with Crippen LogP contribution >= 0.6 is 0 Å². The molecule has 0 aliphatic carbocycles. The zero-order valence-corrected chi connectivity index (χ0v) is 15.6. The average Bonchev–Trinajstić information content (AvgIpc) is 2.95. The second-order valence-electron chi connectivity index (χ2n) is 7.59. The van der Waals surface area contributed by atoms with Gasteiger partial charge in [0.1, 0.15) is 0 Å². The lowest BCUT2D eigenvalue weighted by atomic mass is 9.95. The van der Waals surface area contributed by atoms with Crippen molar-refractivity contribution in [1.82, 2.24) is 4.90 Å². The van der Waals surface area contributed by atoms with Crippen LogP contribution < -0.4 is 4.90 Å². The predicted octanol–water partition coefficient (Wildman–Crippen LogP) is 2.29. The monoisotopic (exact) mass is 358 g/mol. The Bertz CT molecular complexity index is 727. The molecular formula is C20H26N2O4. The number of carboxylic acid groups (broad SMARTS) is 1. The topological polar surface area (TPSA) is 77.9 Å². The number of likely N-dealkylation sites (tertiary alicyclic amines) is 1. The molecule has 6 nitrogen and oxygen atoms in total. The Balaban J connectivity index is 1.70. The van der Waals surface area contributed by atoms with E-state index in [1.165, 1.54) is 0 Å². The van der Waals surface area contributed by atoms with E-state index >= 15 is 0 Å². The van der Waals surface area contributed by atoms with Crippen molar-refractivity contribution in [3.05, 3.63) is 28.8 Å². The molecule has 2 aliphatic heterocycles. The number of carbonyl (C=O) groups excluding carboxylic acids is 2. The van der Waals surface area contributed by atoms with E-state index in [-0.39, 0.29) is 30.1 Å². The molecular weight excluding hydrogens is 332 g/mol. The largest absolute Gasteiger partial charge is 0.481 e. The van der Waals surface area contributed by atoms with Crippen LogP contribution in [0.2, 0.25) is 0 Å². The molecule has 0 bridgehead atoms. The number of benzene rings is 1. The summed E-state index contributed by atoms with van der Waals surface area (Å²) >= 11 is 0. The Morgan fingerprint density at radius 1 is 1.04 bits per heavy atom. The number of anilines is 1. The molecule has 3 rings (SSSR count). The molecule has 6 heteroatoms. The van der Waals surface area contributed by atoms with Gasteiger partial charge >= 0.3 is 5.97 Å². The third-order valence-electron chi connectivity index (χ3n) is 5.54. The number of aryl methyl sites for hydroxylation is 3. The van der Waals surface area contributed by atoms with Gasteiger partial charge < -0.3 is 14.9 Å². The van der Waals surface area contributed by atoms with Gasteiger partial charge in [0.05, 0.1) is 11.8 Å². The number of amides is 2. The molecule has 0 spiro atoms. The summed E-state index contributed by atoms with van der Waals surface area (Å²) in [7, 11) is 0. The van der Waals surface area contributed by atoms with Crippen LogP contribution in [0.1, 0.15) is 36.0 Å². The Kier molecular flexibility index (Phi) is 5.03. The molecule has 0 aromatic heterocycles. The highest BCUT2D eigenvalue weighted by molar-refractivity contribution is 6.01. The summed E-state index contributed by atoms with van der Waals surface area (Å²) in [5.74, 6) is -1.53. The number of rotatable bonds is 3. The average molecular weight is 358 g/mol. The lowest BCUT2D eigenvalue weighted by Crippen LogP contribution is -2.43. The zero-order chi connectivity index (χ0) is 19.0. The van der Waals surface area contributed by atoms with Crippen LogP contribution in [0.15, 0.2) is 12.1 Å². The van der Waals surface area contributed by atoms with Gasteiger partial charge in [0.25, 0.3) is 0 Å². The van der Waals surface area contributed by atoms with Gasteiger partial charge in [-0.25, -0.2) is 0 Å². The van der Waals surface area contributed by atoms with E-state index in [0.717, 1.165) is 22.4 Å². The molecule has 2 amide bonds. The maximum atomic E-state index is 12.8. The van der Waals surface area contributed by atoms with Crippen LogP contribution in [0.4, 0.5) is 5.69 Å². The third kappa shape index (κ3) is 3.45. The molecule has 1 atom stereocenters. The second kappa shape index (κ2) is 7.09. The smallest absolute Gasteiger partial charge is 0.306 e. The number of carbonyl (C=O) groups is 3. The normalized spacial score (nSPS) is 21.3. The summed E-state index contributed by atoms with van der Waals surface area (Å²) in [6.07, 6.45) is 1.20. The molecule has 26 heavy (non-hydrogen) atoms. The van der Waals surface area contributed by atoms with Crippen molar-refractivity contribution in [3.63, 3.8) is 0 Å². The van der Waals surface area contributed by atoms with Gasteiger partial charge in [-0.1, -0.05) is 17.7 Å². The van der Waals surface area contributed by atoms with Crippen molar-refractivity contribution < 1.29 is 19.5 Å². The first-order chi connectivity index (χ1) is 12.3. The van der Waals surface area contributed by atoms with Crippen LogP contribution in [-0.4, -0.2) is 47.4 Å². The minimum Gasteiger partial charge on any atom is -0.481 e. The second-order valence-corrected chi connectivity index (χ2v) is 7.59. The Morgan fingerprint density at radius 2 is 1.62 bits per heavy atom. The molecule has 2 fully saturated rings. The quantitative estimate of drug-likeness (QED) is 0.899. The molecule has 1 unspecified atom stereocenters. The summed E-state index contributed by atoms with van der Waals surface area (Å²) in [6, 6.07) is 4.11. The first kappa shape index (κ1) is 18.4. The Morgan fingerprint density at radius 3 is 2.15 bits per heavy atom. The molecule has 0 saturated carbocycles. The van der Waals surface area contributed by atoms with Crippen molar-refractivity contribution >= 4 is 23.5 Å². The SMILES string of the molecule is Cc1cc(C)c(N2CC(C(=O)N3CCC(C(=O)O)CC3)CC2=O)c(C)c1. The van der Waals surface area contributed by atoms with E-state index in [0.29, 0.717) is 32.5 Å². The maximum Gasteiger partial charge on any atom is 0.306 e. The summed E-state index contributed by atoms with van der Waals surface area (Å²) in [6.45, 7) is 7.35. The minimum absolute atomic E-state index is 0.0150. The highest BCUT2D eigenvalue weighted by atomic mass is 16.4.